The number of aliphatic hydroxyl groups excluding tert-OH is 8. The number of rotatable bonds is 16. The molecule has 40 heteroatoms. The number of carboxylic acids is 2. The lowest BCUT2D eigenvalue weighted by Crippen LogP contribution is -2.60. The van der Waals surface area contributed by atoms with Crippen LogP contribution in [0.25, 0.3) is 0 Å². The monoisotopic (exact) mass is 1100 g/mol. The lowest BCUT2D eigenvalue weighted by Gasteiger charge is -2.38. The van der Waals surface area contributed by atoms with E-state index in [2.05, 4.69) is 23.9 Å². The van der Waals surface area contributed by atoms with Crippen molar-refractivity contribution in [3.8, 4) is 0 Å². The van der Waals surface area contributed by atoms with Crippen molar-refractivity contribution < 1.29 is 152 Å². The van der Waals surface area contributed by atoms with Crippen molar-refractivity contribution in [3.05, 3.63) is 23.8 Å². The summed E-state index contributed by atoms with van der Waals surface area (Å²) < 4.78 is 183. The summed E-state index contributed by atoms with van der Waals surface area (Å²) in [5, 5.41) is 92.9. The van der Waals surface area contributed by atoms with Crippen LogP contribution in [0.4, 0.5) is 0 Å². The number of carbonyl (C=O) groups excluding carboxylic acids is 2. The van der Waals surface area contributed by atoms with E-state index >= 15 is 0 Å². The van der Waals surface area contributed by atoms with Gasteiger partial charge in [0.15, 0.2) is 20.6 Å². The molecular weight excluding hydrogens is 1050 g/mol. The van der Waals surface area contributed by atoms with Gasteiger partial charge in [0.25, 0.3) is 0 Å². The summed E-state index contributed by atoms with van der Waals surface area (Å²) in [6.07, 6.45) is -16.0. The maximum Gasteiger partial charge on any atom is 0.218 e. The van der Waals surface area contributed by atoms with Crippen LogP contribution in [0.1, 0.15) is 21.3 Å². The molecule has 0 saturated carbocycles. The summed E-state index contributed by atoms with van der Waals surface area (Å²) in [6.45, 7) is 3.22. The molecule has 406 valence electrons. The minimum Gasteiger partial charge on any atom is -0.735 e. The molecule has 10 N–H and O–H groups in total. The molecule has 6 unspecified atom stereocenters. The van der Waals surface area contributed by atoms with Crippen LogP contribution >= 0.6 is 0 Å². The largest absolute Gasteiger partial charge is 0.735 e. The molecule has 0 radical (unpaired) electrons. The third-order valence-electron chi connectivity index (χ3n) is 7.45. The van der Waals surface area contributed by atoms with Gasteiger partial charge < -0.3 is 97.6 Å². The molecule has 0 bridgehead atoms. The van der Waals surface area contributed by atoms with Gasteiger partial charge in [-0.25, -0.2) is 51.5 Å². The number of aliphatic carboxylic acids is 2. The minimum atomic E-state index is -5.08. The third-order valence-corrected chi connectivity index (χ3v) is 9.96. The van der Waals surface area contributed by atoms with Crippen LogP contribution in [-0.2, 0) is 88.2 Å². The fourth-order valence-electron chi connectivity index (χ4n) is 4.42. The van der Waals surface area contributed by atoms with E-state index in [1.807, 2.05) is 0 Å². The zero-order chi connectivity index (χ0) is 53.1. The van der Waals surface area contributed by atoms with E-state index in [1.54, 1.807) is 6.92 Å². The first-order chi connectivity index (χ1) is 30.1. The van der Waals surface area contributed by atoms with E-state index in [4.69, 9.17) is 19.7 Å². The highest BCUT2D eigenvalue weighted by atomic mass is 32.3. The number of carbonyl (C=O) groups is 2. The summed E-state index contributed by atoms with van der Waals surface area (Å²) in [5.41, 5.74) is 1.20. The Labute approximate surface area is 388 Å². The Morgan fingerprint density at radius 2 is 0.985 bits per heavy atom. The standard InChI is InChI=1S/2C6H13NO10S2.C6H10O9S.C5H8O3.C4H8O.CH4/c2*8-5-3(7-18(10,11)12)1-16-4(6(5)9)2-17-19(13,14)15;7-3-2(15-16(11,12)13)1-14-5(4(3)8)6(9)10;1-4(3-6)2-5(7)8;1-4(2)3-5;/h2*3-9H,1-2H2,(H,10,11,12)(H,13,14,15);2-5,7-8H,1H2,(H,9,10)(H,11,12,13);2,6H,3H2,1H3,(H,7,8);5H,1,3H2,2H3;1H4/p-7/b;;;4-2-;;/t2*3?,4?,5-,6+;2?,3-,4-,5?;;;/m000.../s1. The van der Waals surface area contributed by atoms with Crippen molar-refractivity contribution in [2.75, 3.05) is 46.2 Å². The van der Waals surface area contributed by atoms with Crippen LogP contribution in [0.15, 0.2) is 23.8 Å². The highest BCUT2D eigenvalue weighted by molar-refractivity contribution is 7.84. The number of hydrogen-bond acceptors (Lipinski definition) is 33. The predicted octanol–water partition coefficient (Wildman–Crippen LogP) is -12.4. The van der Waals surface area contributed by atoms with Crippen molar-refractivity contribution in [2.45, 2.75) is 94.4 Å². The normalized spacial score (nSPS) is 29.0. The molecule has 68 heavy (non-hydrogen) atoms. The van der Waals surface area contributed by atoms with Crippen molar-refractivity contribution in [1.82, 2.24) is 9.44 Å². The molecular formula is C28H49N2O33S5-7. The average Bonchev–Trinajstić information content (AvgIpc) is 3.15. The van der Waals surface area contributed by atoms with Gasteiger partial charge in [0.2, 0.25) is 31.2 Å². The van der Waals surface area contributed by atoms with Gasteiger partial charge in [0.05, 0.1) is 70.3 Å². The topological polar surface area (TPSA) is 608 Å². The van der Waals surface area contributed by atoms with Gasteiger partial charge in [-0.2, -0.15) is 0 Å². The van der Waals surface area contributed by atoms with Crippen LogP contribution in [0.3, 0.4) is 0 Å². The van der Waals surface area contributed by atoms with Crippen LogP contribution in [0.5, 0.6) is 0 Å². The van der Waals surface area contributed by atoms with Crippen molar-refractivity contribution in [3.63, 3.8) is 0 Å². The summed E-state index contributed by atoms with van der Waals surface area (Å²) in [4.78, 5) is 20.0. The van der Waals surface area contributed by atoms with Gasteiger partial charge in [-0.3, -0.25) is 12.5 Å². The van der Waals surface area contributed by atoms with Gasteiger partial charge in [0.1, 0.15) is 61.0 Å². The molecule has 0 aromatic carbocycles. The second-order valence-corrected chi connectivity index (χ2v) is 18.5. The molecule has 3 aliphatic rings. The lowest BCUT2D eigenvalue weighted by atomic mass is 9.99. The summed E-state index contributed by atoms with van der Waals surface area (Å²) >= 11 is 0. The first-order valence-electron chi connectivity index (χ1n) is 17.3. The highest BCUT2D eigenvalue weighted by Gasteiger charge is 2.42. The zero-order valence-electron chi connectivity index (χ0n) is 34.0. The fraction of sp³-hybridized carbons (Fsp3) is 0.786. The predicted molar refractivity (Wildman–Crippen MR) is 204 cm³/mol. The average molecular weight is 1100 g/mol. The van der Waals surface area contributed by atoms with Gasteiger partial charge in [-0.05, 0) is 25.5 Å². The van der Waals surface area contributed by atoms with Crippen molar-refractivity contribution in [2.24, 2.45) is 0 Å². The van der Waals surface area contributed by atoms with Gasteiger partial charge >= 0.3 is 0 Å². The Morgan fingerprint density at radius 3 is 1.24 bits per heavy atom. The highest BCUT2D eigenvalue weighted by Crippen LogP contribution is 2.20. The first kappa shape index (κ1) is 69.6. The molecule has 3 aliphatic heterocycles. The lowest BCUT2D eigenvalue weighted by molar-refractivity contribution is -0.327. The second-order valence-electron chi connectivity index (χ2n) is 13.1. The summed E-state index contributed by atoms with van der Waals surface area (Å²) in [7, 11) is -24.8. The Kier molecular flexibility index (Phi) is 31.7. The van der Waals surface area contributed by atoms with E-state index in [-0.39, 0.29) is 20.6 Å². The zero-order valence-corrected chi connectivity index (χ0v) is 38.1. The SMILES string of the molecule is C.C/C(=C/C(=O)[O-])CO.C=C(C)CO.O=C([O-])C1OCC(OS(=O)(=O)[O-])[C@H](O)[C@@H]1O.O=S(=O)([O-])NC1COC(COS(=O)(=O)[O-])[C@@H](O)[C@H]1O.O=S(=O)([O-])NC1COC(COS(=O)(=O)[O-])[C@@H](O)[C@H]1O. The number of ether oxygens (including phenoxy) is 3. The maximum atomic E-state index is 10.4. The second kappa shape index (κ2) is 30.9. The van der Waals surface area contributed by atoms with Crippen molar-refractivity contribution in [1.29, 1.82) is 0 Å². The third kappa shape index (κ3) is 32.3. The first-order valence-corrected chi connectivity index (χ1v) is 24.2. The van der Waals surface area contributed by atoms with Gasteiger partial charge in [-0.1, -0.05) is 19.6 Å². The number of nitrogens with one attached hydrogen (secondary N) is 2. The van der Waals surface area contributed by atoms with E-state index in [1.165, 1.54) is 16.4 Å². The van der Waals surface area contributed by atoms with Crippen LogP contribution in [0.2, 0.25) is 0 Å². The van der Waals surface area contributed by atoms with E-state index < -0.39 is 170 Å². The number of hydrogen-bond donors (Lipinski definition) is 10. The minimum absolute atomic E-state index is 0. The molecule has 3 rings (SSSR count). The fourth-order valence-corrected chi connectivity index (χ4v) is 6.65. The van der Waals surface area contributed by atoms with Gasteiger partial charge in [-0.15, -0.1) is 0 Å². The molecule has 3 fully saturated rings. The molecule has 0 amide bonds. The Hall–Kier alpha value is -2.67. The van der Waals surface area contributed by atoms with Crippen LogP contribution < -0.4 is 19.7 Å². The molecule has 35 nitrogen and oxygen atoms in total. The molecule has 12 atom stereocenters. The van der Waals surface area contributed by atoms with E-state index in [0.717, 1.165) is 11.6 Å². The van der Waals surface area contributed by atoms with Crippen LogP contribution in [0, 0.1) is 0 Å². The molecule has 0 aliphatic carbocycles. The number of aliphatic hydroxyl groups is 8. The summed E-state index contributed by atoms with van der Waals surface area (Å²) in [6, 6.07) is -2.78. The quantitative estimate of drug-likeness (QED) is 0.0297. The van der Waals surface area contributed by atoms with Crippen LogP contribution in [-0.4, -0.2) is 237 Å². The maximum absolute atomic E-state index is 10.4. The molecule has 0 spiro atoms. The molecule has 3 saturated heterocycles. The Balaban J connectivity index is -0.000000821. The Bertz CT molecular complexity index is 2060. The molecule has 0 aromatic rings. The van der Waals surface area contributed by atoms with Gasteiger partial charge in [0, 0.05) is 0 Å². The summed E-state index contributed by atoms with van der Waals surface area (Å²) in [5.74, 6) is -3.04. The van der Waals surface area contributed by atoms with E-state index in [0.29, 0.717) is 5.57 Å². The van der Waals surface area contributed by atoms with Crippen molar-refractivity contribution >= 4 is 63.7 Å². The van der Waals surface area contributed by atoms with E-state index in [9.17, 15) is 115 Å². The smallest absolute Gasteiger partial charge is 0.218 e. The molecule has 0 aromatic heterocycles. The number of carboxylic acid groups (broad SMARTS) is 2. The molecule has 3 heterocycles. The Morgan fingerprint density at radius 1 is 0.618 bits per heavy atom.